The Morgan fingerprint density at radius 2 is 1.89 bits per heavy atom. The Labute approximate surface area is 120 Å². The molecule has 19 heavy (non-hydrogen) atoms. The fourth-order valence-electron chi connectivity index (χ4n) is 3.61. The number of likely N-dealkylation sites (tertiary alicyclic amines) is 1. The average molecular weight is 293 g/mol. The topological polar surface area (TPSA) is 12.5 Å². The molecule has 5 heteroatoms. The van der Waals surface area contributed by atoms with Crippen LogP contribution in [-0.2, 0) is 4.74 Å². The number of nitrogens with zero attached hydrogens (tertiary/aromatic N) is 1. The molecule has 2 fully saturated rings. The minimum atomic E-state index is -2.55. The van der Waals surface area contributed by atoms with Gasteiger partial charge in [-0.1, -0.05) is 12.8 Å². The molecule has 0 amide bonds. The number of ether oxygens (including phenoxy) is 1. The molecule has 1 saturated heterocycles. The Morgan fingerprint density at radius 1 is 1.32 bits per heavy atom. The molecule has 0 aromatic heterocycles. The van der Waals surface area contributed by atoms with Gasteiger partial charge in [0.25, 0.3) is 5.92 Å². The van der Waals surface area contributed by atoms with Crippen LogP contribution in [0.3, 0.4) is 0 Å². The second-order valence-electron chi connectivity index (χ2n) is 6.77. The predicted molar refractivity (Wildman–Crippen MR) is 75.9 cm³/mol. The van der Waals surface area contributed by atoms with E-state index in [1.165, 1.54) is 0 Å². The smallest absolute Gasteiger partial charge is 0.262 e. The molecule has 0 radical (unpaired) electrons. The molecule has 0 aromatic rings. The van der Waals surface area contributed by atoms with Gasteiger partial charge in [-0.3, -0.25) is 4.90 Å². The summed E-state index contributed by atoms with van der Waals surface area (Å²) in [7, 11) is 1.79. The van der Waals surface area contributed by atoms with E-state index in [0.717, 1.165) is 25.7 Å². The largest absolute Gasteiger partial charge is 0.359 e. The summed E-state index contributed by atoms with van der Waals surface area (Å²) in [6.45, 7) is 3.71. The zero-order chi connectivity index (χ0) is 14.3. The van der Waals surface area contributed by atoms with E-state index in [2.05, 4.69) is 12.6 Å². The highest BCUT2D eigenvalue weighted by atomic mass is 32.1. The number of alkyl halides is 2. The van der Waals surface area contributed by atoms with Gasteiger partial charge in [0.1, 0.15) is 4.93 Å². The second kappa shape index (κ2) is 5.15. The molecule has 1 unspecified atom stereocenters. The predicted octanol–water partition coefficient (Wildman–Crippen LogP) is 3.71. The number of hydrogen-bond donors (Lipinski definition) is 1. The lowest BCUT2D eigenvalue weighted by molar-refractivity contribution is -0.105. The van der Waals surface area contributed by atoms with Gasteiger partial charge < -0.3 is 4.74 Å². The lowest BCUT2D eigenvalue weighted by Crippen LogP contribution is -2.42. The molecule has 0 aromatic carbocycles. The number of thiol groups is 1. The fourth-order valence-corrected chi connectivity index (χ4v) is 3.81. The average Bonchev–Trinajstić information content (AvgIpc) is 2.70. The van der Waals surface area contributed by atoms with Gasteiger partial charge in [0.15, 0.2) is 0 Å². The highest BCUT2D eigenvalue weighted by molar-refractivity contribution is 7.81. The minimum Gasteiger partial charge on any atom is -0.359 e. The molecule has 0 spiro atoms. The van der Waals surface area contributed by atoms with E-state index in [1.54, 1.807) is 11.9 Å². The van der Waals surface area contributed by atoms with Crippen LogP contribution in [0.2, 0.25) is 0 Å². The van der Waals surface area contributed by atoms with E-state index in [-0.39, 0.29) is 24.6 Å². The summed E-state index contributed by atoms with van der Waals surface area (Å²) in [6, 6.07) is -0.0798. The summed E-state index contributed by atoms with van der Waals surface area (Å²) in [5, 5.41) is 0. The molecule has 1 atom stereocenters. The Hall–Kier alpha value is 0.130. The number of rotatable bonds is 4. The molecule has 0 bridgehead atoms. The highest BCUT2D eigenvalue weighted by Crippen LogP contribution is 2.44. The standard InChI is InChI=1S/C14H25F2NOS/c1-12(2,19)18-13(6-4-5-7-13)8-11-9-14(15,16)10-17(11)3/h11,19H,4-10H2,1-3H3. The Kier molecular flexibility index (Phi) is 4.21. The molecule has 2 nitrogen and oxygen atoms in total. The molecule has 2 rings (SSSR count). The summed E-state index contributed by atoms with van der Waals surface area (Å²) in [5.74, 6) is -2.55. The van der Waals surface area contributed by atoms with Crippen LogP contribution >= 0.6 is 12.6 Å². The Bertz CT molecular complexity index is 324. The monoisotopic (exact) mass is 293 g/mol. The second-order valence-corrected chi connectivity index (χ2v) is 7.85. The third kappa shape index (κ3) is 4.05. The van der Waals surface area contributed by atoms with Crippen molar-refractivity contribution in [1.29, 1.82) is 0 Å². The van der Waals surface area contributed by atoms with Crippen LogP contribution in [0, 0.1) is 0 Å². The Balaban J connectivity index is 2.05. The van der Waals surface area contributed by atoms with Crippen molar-refractivity contribution in [2.24, 2.45) is 0 Å². The van der Waals surface area contributed by atoms with Crippen molar-refractivity contribution in [2.45, 2.75) is 74.9 Å². The van der Waals surface area contributed by atoms with Crippen molar-refractivity contribution in [3.05, 3.63) is 0 Å². The van der Waals surface area contributed by atoms with Gasteiger partial charge in [-0.05, 0) is 40.2 Å². The summed E-state index contributed by atoms with van der Waals surface area (Å²) in [6.07, 6.45) is 4.83. The van der Waals surface area contributed by atoms with Gasteiger partial charge in [0.2, 0.25) is 0 Å². The van der Waals surface area contributed by atoms with Crippen molar-refractivity contribution in [3.63, 3.8) is 0 Å². The molecular formula is C14H25F2NOS. The van der Waals surface area contributed by atoms with Gasteiger partial charge >= 0.3 is 0 Å². The van der Waals surface area contributed by atoms with Gasteiger partial charge in [-0.25, -0.2) is 8.78 Å². The summed E-state index contributed by atoms with van der Waals surface area (Å²) >= 11 is 4.45. The van der Waals surface area contributed by atoms with Crippen LogP contribution in [-0.4, -0.2) is 41.0 Å². The van der Waals surface area contributed by atoms with Crippen molar-refractivity contribution < 1.29 is 13.5 Å². The maximum absolute atomic E-state index is 13.5. The van der Waals surface area contributed by atoms with Crippen LogP contribution in [0.4, 0.5) is 8.78 Å². The summed E-state index contributed by atoms with van der Waals surface area (Å²) < 4.78 is 33.1. The van der Waals surface area contributed by atoms with Crippen LogP contribution in [0.1, 0.15) is 52.4 Å². The molecular weight excluding hydrogens is 268 g/mol. The van der Waals surface area contributed by atoms with E-state index in [1.807, 2.05) is 13.8 Å². The van der Waals surface area contributed by atoms with Gasteiger partial charge in [-0.15, -0.1) is 12.6 Å². The normalized spacial score (nSPS) is 30.9. The van der Waals surface area contributed by atoms with Crippen LogP contribution < -0.4 is 0 Å². The summed E-state index contributed by atoms with van der Waals surface area (Å²) in [4.78, 5) is 1.28. The van der Waals surface area contributed by atoms with Crippen molar-refractivity contribution in [3.8, 4) is 0 Å². The van der Waals surface area contributed by atoms with E-state index >= 15 is 0 Å². The van der Waals surface area contributed by atoms with Crippen molar-refractivity contribution in [1.82, 2.24) is 4.90 Å². The molecule has 1 aliphatic heterocycles. The van der Waals surface area contributed by atoms with Crippen molar-refractivity contribution >= 4 is 12.6 Å². The van der Waals surface area contributed by atoms with Crippen LogP contribution in [0.15, 0.2) is 0 Å². The zero-order valence-electron chi connectivity index (χ0n) is 12.1. The molecule has 1 heterocycles. The molecule has 2 aliphatic rings. The fraction of sp³-hybridized carbons (Fsp3) is 1.00. The quantitative estimate of drug-likeness (QED) is 0.626. The van der Waals surface area contributed by atoms with E-state index < -0.39 is 10.9 Å². The first-order valence-corrected chi connectivity index (χ1v) is 7.56. The minimum absolute atomic E-state index is 0.0401. The van der Waals surface area contributed by atoms with Gasteiger partial charge in [0, 0.05) is 12.5 Å². The summed E-state index contributed by atoms with van der Waals surface area (Å²) in [5.41, 5.74) is -0.259. The zero-order valence-corrected chi connectivity index (χ0v) is 13.0. The molecule has 0 N–H and O–H groups in total. The maximum atomic E-state index is 13.5. The molecule has 112 valence electrons. The van der Waals surface area contributed by atoms with Gasteiger partial charge in [0.05, 0.1) is 12.1 Å². The van der Waals surface area contributed by atoms with Crippen LogP contribution in [0.25, 0.3) is 0 Å². The highest BCUT2D eigenvalue weighted by Gasteiger charge is 2.48. The van der Waals surface area contributed by atoms with E-state index in [0.29, 0.717) is 6.42 Å². The maximum Gasteiger partial charge on any atom is 0.262 e. The SMILES string of the molecule is CN1CC(F)(F)CC1CC1(OC(C)(C)S)CCCC1. The van der Waals surface area contributed by atoms with E-state index in [9.17, 15) is 8.78 Å². The Morgan fingerprint density at radius 3 is 2.32 bits per heavy atom. The third-order valence-electron chi connectivity index (χ3n) is 4.23. The lowest BCUT2D eigenvalue weighted by atomic mass is 9.91. The number of halogens is 2. The first kappa shape index (κ1) is 15.5. The third-order valence-corrected chi connectivity index (χ3v) is 4.32. The first-order valence-electron chi connectivity index (χ1n) is 7.12. The van der Waals surface area contributed by atoms with E-state index in [4.69, 9.17) is 4.74 Å². The first-order chi connectivity index (χ1) is 8.61. The molecule has 1 aliphatic carbocycles. The van der Waals surface area contributed by atoms with Gasteiger partial charge in [-0.2, -0.15) is 0 Å². The lowest BCUT2D eigenvalue weighted by Gasteiger charge is -2.38. The van der Waals surface area contributed by atoms with Crippen LogP contribution in [0.5, 0.6) is 0 Å². The van der Waals surface area contributed by atoms with Crippen molar-refractivity contribution in [2.75, 3.05) is 13.6 Å². The number of hydrogen-bond acceptors (Lipinski definition) is 3. The molecule has 1 saturated carbocycles.